The Kier molecular flexibility index (Phi) is 5.64. The number of ether oxygens (including phenoxy) is 1. The number of pyridine rings is 1. The molecular weight excluding hydrogens is 344 g/mol. The molecule has 134 valence electrons. The molecule has 3 aromatic heterocycles. The molecular formula is C20H22N4OS. The minimum Gasteiger partial charge on any atom is -0.377 e. The average molecular weight is 366 g/mol. The summed E-state index contributed by atoms with van der Waals surface area (Å²) in [6.45, 7) is 3.49. The molecule has 0 amide bonds. The summed E-state index contributed by atoms with van der Waals surface area (Å²) < 4.78 is 5.84. The molecule has 0 saturated carbocycles. The van der Waals surface area contributed by atoms with Crippen molar-refractivity contribution in [2.45, 2.75) is 32.0 Å². The Balaban J connectivity index is 1.46. The monoisotopic (exact) mass is 366 g/mol. The standard InChI is InChI=1S/C20H22N4OS/c1-3-18(25-9-1)15-24(13-16-5-7-21-8-6-16)14-17-11-22-20(23-12-17)19-4-2-10-26-19/h2,4-8,10-12,18H,1,3,9,13-15H2/t18-/m0/s1. The lowest BCUT2D eigenvalue weighted by Gasteiger charge is -2.25. The van der Waals surface area contributed by atoms with Crippen LogP contribution in [0.2, 0.25) is 0 Å². The first-order chi connectivity index (χ1) is 12.9. The molecule has 3 aromatic rings. The number of hydrogen-bond donors (Lipinski definition) is 0. The highest BCUT2D eigenvalue weighted by Crippen LogP contribution is 2.21. The molecule has 1 aliphatic heterocycles. The van der Waals surface area contributed by atoms with E-state index in [-0.39, 0.29) is 0 Å². The van der Waals surface area contributed by atoms with Crippen LogP contribution in [-0.2, 0) is 17.8 Å². The van der Waals surface area contributed by atoms with Crippen molar-refractivity contribution in [3.05, 3.63) is 65.6 Å². The van der Waals surface area contributed by atoms with Gasteiger partial charge in [0.25, 0.3) is 0 Å². The van der Waals surface area contributed by atoms with E-state index >= 15 is 0 Å². The Labute approximate surface area is 157 Å². The second-order valence-electron chi connectivity index (χ2n) is 6.55. The third kappa shape index (κ3) is 4.52. The van der Waals surface area contributed by atoms with Gasteiger partial charge in [-0.3, -0.25) is 9.88 Å². The zero-order valence-corrected chi connectivity index (χ0v) is 15.4. The summed E-state index contributed by atoms with van der Waals surface area (Å²) in [6, 6.07) is 8.21. The summed E-state index contributed by atoms with van der Waals surface area (Å²) in [4.78, 5) is 16.7. The number of hydrogen-bond acceptors (Lipinski definition) is 6. The van der Waals surface area contributed by atoms with Gasteiger partial charge < -0.3 is 4.74 Å². The maximum atomic E-state index is 5.84. The third-order valence-electron chi connectivity index (χ3n) is 4.49. The van der Waals surface area contributed by atoms with Crippen molar-refractivity contribution in [3.63, 3.8) is 0 Å². The van der Waals surface area contributed by atoms with Crippen molar-refractivity contribution in [2.75, 3.05) is 13.2 Å². The van der Waals surface area contributed by atoms with Gasteiger partial charge in [-0.2, -0.15) is 0 Å². The molecule has 4 rings (SSSR count). The maximum Gasteiger partial charge on any atom is 0.169 e. The molecule has 26 heavy (non-hydrogen) atoms. The number of nitrogens with zero attached hydrogens (tertiary/aromatic N) is 4. The summed E-state index contributed by atoms with van der Waals surface area (Å²) in [6.07, 6.45) is 10.2. The van der Waals surface area contributed by atoms with Crippen LogP contribution in [0.15, 0.2) is 54.4 Å². The van der Waals surface area contributed by atoms with Gasteiger partial charge in [0.15, 0.2) is 5.82 Å². The zero-order valence-electron chi connectivity index (χ0n) is 14.6. The lowest BCUT2D eigenvalue weighted by atomic mass is 10.2. The van der Waals surface area contributed by atoms with Crippen LogP contribution in [-0.4, -0.2) is 39.1 Å². The van der Waals surface area contributed by atoms with Crippen LogP contribution >= 0.6 is 11.3 Å². The van der Waals surface area contributed by atoms with E-state index in [2.05, 4.69) is 32.0 Å². The first kappa shape index (κ1) is 17.3. The van der Waals surface area contributed by atoms with Gasteiger partial charge in [0.05, 0.1) is 11.0 Å². The predicted molar refractivity (Wildman–Crippen MR) is 103 cm³/mol. The molecule has 5 nitrogen and oxygen atoms in total. The lowest BCUT2D eigenvalue weighted by molar-refractivity contribution is 0.0678. The fourth-order valence-corrected chi connectivity index (χ4v) is 3.91. The molecule has 1 fully saturated rings. The van der Waals surface area contributed by atoms with Gasteiger partial charge in [0, 0.05) is 56.6 Å². The summed E-state index contributed by atoms with van der Waals surface area (Å²) in [5, 5.41) is 2.05. The Morgan fingerprint density at radius 1 is 1.08 bits per heavy atom. The normalized spacial score (nSPS) is 17.0. The number of rotatable bonds is 7. The minimum atomic E-state index is 0.322. The van der Waals surface area contributed by atoms with Gasteiger partial charge in [0.1, 0.15) is 0 Å². The molecule has 1 atom stereocenters. The smallest absolute Gasteiger partial charge is 0.169 e. The number of aromatic nitrogens is 3. The average Bonchev–Trinajstić information content (AvgIpc) is 3.37. The van der Waals surface area contributed by atoms with Crippen LogP contribution in [0.25, 0.3) is 10.7 Å². The zero-order chi connectivity index (χ0) is 17.6. The van der Waals surface area contributed by atoms with Gasteiger partial charge in [-0.15, -0.1) is 11.3 Å². The Bertz CT molecular complexity index is 786. The summed E-state index contributed by atoms with van der Waals surface area (Å²) in [5.74, 6) is 0.795. The SMILES string of the molecule is c1csc(-c2ncc(CN(Cc3ccncc3)C[C@@H]3CCCO3)cn2)c1. The summed E-state index contributed by atoms with van der Waals surface area (Å²) >= 11 is 1.66. The van der Waals surface area contributed by atoms with Gasteiger partial charge in [-0.25, -0.2) is 9.97 Å². The molecule has 4 heterocycles. The van der Waals surface area contributed by atoms with E-state index in [1.807, 2.05) is 42.3 Å². The Hall–Kier alpha value is -2.15. The highest BCUT2D eigenvalue weighted by Gasteiger charge is 2.20. The van der Waals surface area contributed by atoms with E-state index in [9.17, 15) is 0 Å². The maximum absolute atomic E-state index is 5.84. The van der Waals surface area contributed by atoms with E-state index in [0.717, 1.165) is 55.3 Å². The molecule has 0 N–H and O–H groups in total. The molecule has 0 radical (unpaired) electrons. The molecule has 1 saturated heterocycles. The Morgan fingerprint density at radius 2 is 1.88 bits per heavy atom. The molecule has 6 heteroatoms. The molecule has 0 aromatic carbocycles. The first-order valence-electron chi connectivity index (χ1n) is 8.94. The molecule has 0 spiro atoms. The molecule has 1 aliphatic rings. The van der Waals surface area contributed by atoms with E-state index in [1.54, 1.807) is 11.3 Å². The highest BCUT2D eigenvalue weighted by atomic mass is 32.1. The van der Waals surface area contributed by atoms with Gasteiger partial charge in [-0.05, 0) is 42.0 Å². The lowest BCUT2D eigenvalue weighted by Crippen LogP contribution is -2.31. The fourth-order valence-electron chi connectivity index (χ4n) is 3.24. The van der Waals surface area contributed by atoms with E-state index in [1.165, 1.54) is 5.56 Å². The Morgan fingerprint density at radius 3 is 2.58 bits per heavy atom. The number of thiophene rings is 1. The molecule has 0 unspecified atom stereocenters. The van der Waals surface area contributed by atoms with Crippen LogP contribution < -0.4 is 0 Å². The van der Waals surface area contributed by atoms with Crippen molar-refractivity contribution in [1.29, 1.82) is 0 Å². The molecule has 0 bridgehead atoms. The third-order valence-corrected chi connectivity index (χ3v) is 5.36. The quantitative estimate of drug-likeness (QED) is 0.637. The van der Waals surface area contributed by atoms with E-state index in [0.29, 0.717) is 6.10 Å². The fraction of sp³-hybridized carbons (Fsp3) is 0.350. The second-order valence-corrected chi connectivity index (χ2v) is 7.50. The predicted octanol–water partition coefficient (Wildman–Crippen LogP) is 3.78. The van der Waals surface area contributed by atoms with E-state index < -0.39 is 0 Å². The minimum absolute atomic E-state index is 0.322. The van der Waals surface area contributed by atoms with Gasteiger partial charge in [-0.1, -0.05) is 6.07 Å². The summed E-state index contributed by atoms with van der Waals surface area (Å²) in [5.41, 5.74) is 2.38. The van der Waals surface area contributed by atoms with Crippen molar-refractivity contribution in [2.24, 2.45) is 0 Å². The highest BCUT2D eigenvalue weighted by molar-refractivity contribution is 7.13. The topological polar surface area (TPSA) is 51.1 Å². The van der Waals surface area contributed by atoms with Crippen molar-refractivity contribution < 1.29 is 4.74 Å². The van der Waals surface area contributed by atoms with Crippen molar-refractivity contribution in [3.8, 4) is 10.7 Å². The van der Waals surface area contributed by atoms with Gasteiger partial charge in [0.2, 0.25) is 0 Å². The van der Waals surface area contributed by atoms with Crippen molar-refractivity contribution in [1.82, 2.24) is 19.9 Å². The first-order valence-corrected chi connectivity index (χ1v) is 9.82. The van der Waals surface area contributed by atoms with Crippen molar-refractivity contribution >= 4 is 11.3 Å². The van der Waals surface area contributed by atoms with Crippen LogP contribution in [0.3, 0.4) is 0 Å². The summed E-state index contributed by atoms with van der Waals surface area (Å²) in [7, 11) is 0. The molecule has 0 aliphatic carbocycles. The van der Waals surface area contributed by atoms with Crippen LogP contribution in [0.1, 0.15) is 24.0 Å². The van der Waals surface area contributed by atoms with Crippen LogP contribution in [0.4, 0.5) is 0 Å². The largest absolute Gasteiger partial charge is 0.377 e. The van der Waals surface area contributed by atoms with Crippen LogP contribution in [0.5, 0.6) is 0 Å². The second kappa shape index (κ2) is 8.49. The van der Waals surface area contributed by atoms with Gasteiger partial charge >= 0.3 is 0 Å². The van der Waals surface area contributed by atoms with E-state index in [4.69, 9.17) is 4.74 Å². The van der Waals surface area contributed by atoms with Crippen LogP contribution in [0, 0.1) is 0 Å².